The maximum absolute atomic E-state index is 11.2. The second kappa shape index (κ2) is 11.6. The van der Waals surface area contributed by atoms with E-state index < -0.39 is 46.9 Å². The Kier molecular flexibility index (Phi) is 14.9. The van der Waals surface area contributed by atoms with Crippen LogP contribution in [0.5, 0.6) is 0 Å². The molecule has 0 fully saturated rings. The summed E-state index contributed by atoms with van der Waals surface area (Å²) in [5, 5.41) is 0. The van der Waals surface area contributed by atoms with Crippen molar-refractivity contribution in [2.75, 3.05) is 0 Å². The van der Waals surface area contributed by atoms with Crippen molar-refractivity contribution in [3.05, 3.63) is 0 Å². The van der Waals surface area contributed by atoms with E-state index in [1.54, 1.807) is 0 Å². The first kappa shape index (κ1) is 34.5. The SMILES string of the molecule is O=P(O)(O)OP(=O)(O)OP(=O)(O)OP(=O)(O)OP(=O)(O)OP(=O)(O)O.[H-].[H-].[Na+].[Na+]. The molecule has 0 aromatic rings. The van der Waals surface area contributed by atoms with E-state index in [0.717, 1.165) is 0 Å². The van der Waals surface area contributed by atoms with Crippen molar-refractivity contribution in [3.8, 4) is 0 Å². The van der Waals surface area contributed by atoms with E-state index in [9.17, 15) is 27.4 Å². The fourth-order valence-corrected chi connectivity index (χ4v) is 7.55. The summed E-state index contributed by atoms with van der Waals surface area (Å²) in [5.41, 5.74) is 0. The predicted octanol–water partition coefficient (Wildman–Crippen LogP) is -6.11. The first-order valence-electron chi connectivity index (χ1n) is 4.52. The fraction of sp³-hybridized carbons (Fsp3) is 0. The Balaban J connectivity index is -0.000000480. The summed E-state index contributed by atoms with van der Waals surface area (Å²) < 4.78 is 80.4. The molecular weight excluding hydrogens is 536 g/mol. The molecule has 0 aliphatic carbocycles. The first-order valence-corrected chi connectivity index (χ1v) is 13.6. The Labute approximate surface area is 195 Å². The molecule has 27 heavy (non-hydrogen) atoms. The molecule has 0 heterocycles. The van der Waals surface area contributed by atoms with Gasteiger partial charge in [0.1, 0.15) is 0 Å². The summed E-state index contributed by atoms with van der Waals surface area (Å²) in [6, 6.07) is 0. The maximum atomic E-state index is 11.2. The van der Waals surface area contributed by atoms with Gasteiger partial charge in [0.2, 0.25) is 0 Å². The average molecular weight is 546 g/mol. The molecule has 0 amide bonds. The molecule has 0 bridgehead atoms. The number of rotatable bonds is 10. The van der Waals surface area contributed by atoms with Crippen LogP contribution in [0.15, 0.2) is 0 Å². The monoisotopic (exact) mass is 546 g/mol. The molecule has 4 atom stereocenters. The summed E-state index contributed by atoms with van der Waals surface area (Å²) in [4.78, 5) is 68.1. The van der Waals surface area contributed by atoms with Gasteiger partial charge in [0, 0.05) is 0 Å². The van der Waals surface area contributed by atoms with Gasteiger partial charge in [0.15, 0.2) is 0 Å². The minimum Gasteiger partial charge on any atom is -1.00 e. The second-order valence-corrected chi connectivity index (χ2v) is 12.2. The molecule has 0 aliphatic rings. The van der Waals surface area contributed by atoms with E-state index in [-0.39, 0.29) is 62.0 Å². The zero-order valence-corrected chi connectivity index (χ0v) is 22.1. The van der Waals surface area contributed by atoms with Crippen LogP contribution in [0.25, 0.3) is 0 Å². The molecule has 0 spiro atoms. The van der Waals surface area contributed by atoms with Crippen LogP contribution in [0.3, 0.4) is 0 Å². The van der Waals surface area contributed by atoms with E-state index >= 15 is 0 Å². The number of hydrogen-bond donors (Lipinski definition) is 8. The standard InChI is InChI=1S/2Na.H8O19P6.2H/c;;1-20(2,3)15-22(7,8)17-24(11,12)19-25(13,14)18-23(9,10)16-21(4,5)6;;/h;;(H,7,8)(H,9,10)(H,11,12)(H,13,14)(H2,1,2,3)(H2,4,5,6);;/q2*+1;;2*-1. The topological polar surface area (TPSA) is 310 Å². The van der Waals surface area contributed by atoms with Crippen LogP contribution in [-0.4, -0.2) is 39.1 Å². The Morgan fingerprint density at radius 1 is 0.407 bits per heavy atom. The van der Waals surface area contributed by atoms with Gasteiger partial charge in [-0.3, -0.25) is 0 Å². The summed E-state index contributed by atoms with van der Waals surface area (Å²) in [6.45, 7) is 0. The van der Waals surface area contributed by atoms with Gasteiger partial charge in [0.25, 0.3) is 0 Å². The van der Waals surface area contributed by atoms with Crippen LogP contribution in [0.4, 0.5) is 0 Å². The fourth-order valence-electron chi connectivity index (χ4n) is 0.720. The van der Waals surface area contributed by atoms with E-state index in [1.807, 2.05) is 0 Å². The molecule has 156 valence electrons. The first-order chi connectivity index (χ1) is 10.5. The predicted molar refractivity (Wildman–Crippen MR) is 71.0 cm³/mol. The Morgan fingerprint density at radius 3 is 0.704 bits per heavy atom. The molecule has 0 rings (SSSR count). The molecule has 19 nitrogen and oxygen atoms in total. The van der Waals surface area contributed by atoms with Crippen LogP contribution < -0.4 is 59.1 Å². The van der Waals surface area contributed by atoms with Gasteiger partial charge in [-0.2, -0.15) is 21.6 Å². The third-order valence-electron chi connectivity index (χ3n) is 1.04. The van der Waals surface area contributed by atoms with Gasteiger partial charge in [0.05, 0.1) is 0 Å². The Morgan fingerprint density at radius 2 is 0.556 bits per heavy atom. The molecule has 8 N–H and O–H groups in total. The molecule has 27 heteroatoms. The summed E-state index contributed by atoms with van der Waals surface area (Å²) in [6.07, 6.45) is 0. The van der Waals surface area contributed by atoms with Crippen LogP contribution in [-0.2, 0) is 48.9 Å². The zero-order valence-electron chi connectivity index (χ0n) is 14.8. The van der Waals surface area contributed by atoms with Crippen molar-refractivity contribution in [3.63, 3.8) is 0 Å². The second-order valence-electron chi connectivity index (χ2n) is 3.26. The molecule has 4 unspecified atom stereocenters. The summed E-state index contributed by atoms with van der Waals surface area (Å²) in [5.74, 6) is 0. The summed E-state index contributed by atoms with van der Waals surface area (Å²) in [7, 11) is -36.2. The smallest absolute Gasteiger partial charge is 1.00 e. The third-order valence-corrected chi connectivity index (χ3v) is 9.34. The van der Waals surface area contributed by atoms with Crippen LogP contribution in [0, 0.1) is 0 Å². The van der Waals surface area contributed by atoms with Crippen LogP contribution in [0.1, 0.15) is 2.85 Å². The zero-order chi connectivity index (χ0) is 20.5. The Hall–Kier alpha value is 2.86. The molecule has 0 saturated heterocycles. The third kappa shape index (κ3) is 19.3. The van der Waals surface area contributed by atoms with Crippen molar-refractivity contribution in [1.29, 1.82) is 0 Å². The van der Waals surface area contributed by atoms with E-state index in [0.29, 0.717) is 0 Å². The van der Waals surface area contributed by atoms with Gasteiger partial charge >= 0.3 is 106 Å². The van der Waals surface area contributed by atoms with Gasteiger partial charge in [-0.15, -0.1) is 0 Å². The molecule has 0 aliphatic heterocycles. The molecular formula is H10Na2O19P6. The van der Waals surface area contributed by atoms with E-state index in [2.05, 4.69) is 21.6 Å². The largest absolute Gasteiger partial charge is 1.00 e. The quantitative estimate of drug-likeness (QED) is 0.0934. The Bertz CT molecular complexity index is 712. The van der Waals surface area contributed by atoms with E-state index in [4.69, 9.17) is 39.1 Å². The normalized spacial score (nSPS) is 21.3. The summed E-state index contributed by atoms with van der Waals surface area (Å²) >= 11 is 0. The minimum absolute atomic E-state index is 0. The average Bonchev–Trinajstić information content (AvgIpc) is 1.97. The van der Waals surface area contributed by atoms with Crippen molar-refractivity contribution < 1.29 is 150 Å². The van der Waals surface area contributed by atoms with Crippen LogP contribution >= 0.6 is 46.9 Å². The minimum atomic E-state index is -6.26. The van der Waals surface area contributed by atoms with Crippen molar-refractivity contribution >= 4 is 46.9 Å². The van der Waals surface area contributed by atoms with Crippen molar-refractivity contribution in [1.82, 2.24) is 0 Å². The van der Waals surface area contributed by atoms with Crippen molar-refractivity contribution in [2.45, 2.75) is 0 Å². The molecule has 0 aromatic heterocycles. The van der Waals surface area contributed by atoms with Gasteiger partial charge < -0.3 is 42.0 Å². The van der Waals surface area contributed by atoms with Crippen molar-refractivity contribution in [2.24, 2.45) is 0 Å². The number of hydrogen-bond acceptors (Lipinski definition) is 11. The number of phosphoric acid groups is 6. The van der Waals surface area contributed by atoms with Gasteiger partial charge in [-0.1, -0.05) is 0 Å². The van der Waals surface area contributed by atoms with Gasteiger partial charge in [-0.05, 0) is 0 Å². The van der Waals surface area contributed by atoms with Crippen LogP contribution in [0.2, 0.25) is 0 Å². The molecule has 0 aromatic carbocycles. The molecule has 0 radical (unpaired) electrons. The molecule has 0 saturated carbocycles. The van der Waals surface area contributed by atoms with Gasteiger partial charge in [-0.25, -0.2) is 27.4 Å². The maximum Gasteiger partial charge on any atom is 1.00 e. The van der Waals surface area contributed by atoms with E-state index in [1.165, 1.54) is 0 Å².